The van der Waals surface area contributed by atoms with E-state index in [1.165, 1.54) is 4.90 Å². The highest BCUT2D eigenvalue weighted by Gasteiger charge is 2.39. The molecule has 1 aliphatic rings. The lowest BCUT2D eigenvalue weighted by Crippen LogP contribution is -2.52. The minimum atomic E-state index is -1.16. The van der Waals surface area contributed by atoms with Gasteiger partial charge in [-0.2, -0.15) is 0 Å². The second kappa shape index (κ2) is 15.1. The van der Waals surface area contributed by atoms with Gasteiger partial charge in [0.2, 0.25) is 5.91 Å². The molecule has 246 valence electrons. The van der Waals surface area contributed by atoms with Crippen LogP contribution in [0.1, 0.15) is 80.7 Å². The van der Waals surface area contributed by atoms with E-state index in [2.05, 4.69) is 16.0 Å². The molecule has 1 aliphatic heterocycles. The number of carbonyl (C=O) groups is 5. The fourth-order valence-corrected chi connectivity index (χ4v) is 4.17. The van der Waals surface area contributed by atoms with Crippen LogP contribution in [0.25, 0.3) is 0 Å². The number of alkyl carbamates (subject to hydrolysis) is 3. The van der Waals surface area contributed by atoms with E-state index in [0.29, 0.717) is 0 Å². The van der Waals surface area contributed by atoms with Gasteiger partial charge >= 0.3 is 24.2 Å². The van der Waals surface area contributed by atoms with Crippen molar-refractivity contribution in [2.45, 2.75) is 117 Å². The molecule has 4 amide bonds. The number of nitrogens with one attached hydrogen (secondary N) is 3. The van der Waals surface area contributed by atoms with E-state index in [4.69, 9.17) is 18.9 Å². The first-order chi connectivity index (χ1) is 20.2. The van der Waals surface area contributed by atoms with Gasteiger partial charge in [0.1, 0.15) is 29.5 Å². The second-order valence-electron chi connectivity index (χ2n) is 13.6. The Morgan fingerprint density at radius 1 is 0.750 bits per heavy atom. The van der Waals surface area contributed by atoms with E-state index in [0.717, 1.165) is 5.56 Å². The van der Waals surface area contributed by atoms with Crippen molar-refractivity contribution in [3.63, 3.8) is 0 Å². The van der Waals surface area contributed by atoms with Crippen molar-refractivity contribution in [2.75, 3.05) is 13.1 Å². The van der Waals surface area contributed by atoms with Gasteiger partial charge in [-0.05, 0) is 74.3 Å². The van der Waals surface area contributed by atoms with Crippen LogP contribution in [0.15, 0.2) is 30.3 Å². The van der Waals surface area contributed by atoms with Crippen LogP contribution in [0.2, 0.25) is 0 Å². The summed E-state index contributed by atoms with van der Waals surface area (Å²) in [6, 6.07) is 6.54. The quantitative estimate of drug-likeness (QED) is 0.273. The van der Waals surface area contributed by atoms with E-state index >= 15 is 0 Å². The Balaban J connectivity index is 2.11. The topological polar surface area (TPSA) is 162 Å². The van der Waals surface area contributed by atoms with Crippen molar-refractivity contribution in [2.24, 2.45) is 0 Å². The number of rotatable bonds is 9. The zero-order valence-electron chi connectivity index (χ0n) is 27.3. The summed E-state index contributed by atoms with van der Waals surface area (Å²) in [6.07, 6.45) is -2.43. The predicted molar refractivity (Wildman–Crippen MR) is 162 cm³/mol. The van der Waals surface area contributed by atoms with Gasteiger partial charge in [-0.1, -0.05) is 30.3 Å². The highest BCUT2D eigenvalue weighted by Crippen LogP contribution is 2.17. The smallest absolute Gasteiger partial charge is 0.408 e. The van der Waals surface area contributed by atoms with Crippen LogP contribution in [0, 0.1) is 0 Å². The number of likely N-dealkylation sites (tertiary alicyclic amines) is 1. The van der Waals surface area contributed by atoms with Gasteiger partial charge in [-0.25, -0.2) is 19.2 Å². The molecule has 3 atom stereocenters. The largest absolute Gasteiger partial charge is 0.459 e. The van der Waals surface area contributed by atoms with Crippen molar-refractivity contribution in [3.05, 3.63) is 35.9 Å². The van der Waals surface area contributed by atoms with E-state index in [-0.39, 0.29) is 38.4 Å². The summed E-state index contributed by atoms with van der Waals surface area (Å²) in [5.41, 5.74) is -1.55. The van der Waals surface area contributed by atoms with E-state index < -0.39 is 59.2 Å². The molecule has 44 heavy (non-hydrogen) atoms. The van der Waals surface area contributed by atoms with Crippen molar-refractivity contribution in [3.8, 4) is 0 Å². The summed E-state index contributed by atoms with van der Waals surface area (Å²) in [5.74, 6) is -1.08. The first-order valence-corrected chi connectivity index (χ1v) is 14.7. The lowest BCUT2D eigenvalue weighted by atomic mass is 10.1. The lowest BCUT2D eigenvalue weighted by molar-refractivity contribution is -0.148. The molecule has 0 radical (unpaired) electrons. The van der Waals surface area contributed by atoms with Crippen molar-refractivity contribution in [1.82, 2.24) is 20.9 Å². The van der Waals surface area contributed by atoms with Crippen LogP contribution in [0.4, 0.5) is 14.4 Å². The molecule has 13 nitrogen and oxygen atoms in total. The highest BCUT2D eigenvalue weighted by molar-refractivity contribution is 5.83. The minimum Gasteiger partial charge on any atom is -0.459 e. The van der Waals surface area contributed by atoms with Gasteiger partial charge in [0, 0.05) is 19.5 Å². The van der Waals surface area contributed by atoms with Crippen molar-refractivity contribution in [1.29, 1.82) is 0 Å². The first-order valence-electron chi connectivity index (χ1n) is 14.7. The molecule has 0 aromatic heterocycles. The Kier molecular flexibility index (Phi) is 12.4. The number of carbonyl (C=O) groups excluding carboxylic acids is 5. The molecule has 1 aromatic carbocycles. The van der Waals surface area contributed by atoms with Gasteiger partial charge in [0.15, 0.2) is 0 Å². The molecule has 0 bridgehead atoms. The van der Waals surface area contributed by atoms with Crippen molar-refractivity contribution >= 4 is 30.2 Å². The molecule has 13 heteroatoms. The SMILES string of the molecule is CC(C)(C)OC(=O)N[C@@H](CCC(=O)N1C[C@H](NC(=O)OC(C)(C)C)[C@H](NC(=O)OC(C)(C)C)C1)C(=O)OCc1ccccc1. The maximum atomic E-state index is 13.3. The minimum absolute atomic E-state index is 0.0116. The monoisotopic (exact) mass is 620 g/mol. The predicted octanol–water partition coefficient (Wildman–Crippen LogP) is 4.03. The molecule has 1 fully saturated rings. The number of benzene rings is 1. The maximum absolute atomic E-state index is 13.3. The zero-order chi connectivity index (χ0) is 33.3. The fraction of sp³-hybridized carbons (Fsp3) is 0.645. The van der Waals surface area contributed by atoms with E-state index in [1.54, 1.807) is 74.4 Å². The average Bonchev–Trinajstić information content (AvgIpc) is 3.23. The number of hydrogen-bond donors (Lipinski definition) is 3. The molecular weight excluding hydrogens is 572 g/mol. The van der Waals surface area contributed by atoms with Crippen LogP contribution in [0.3, 0.4) is 0 Å². The average molecular weight is 621 g/mol. The third kappa shape index (κ3) is 14.0. The van der Waals surface area contributed by atoms with Crippen molar-refractivity contribution < 1.29 is 42.9 Å². The first kappa shape index (κ1) is 36.2. The second-order valence-corrected chi connectivity index (χ2v) is 13.6. The van der Waals surface area contributed by atoms with Gasteiger partial charge in [0.25, 0.3) is 0 Å². The van der Waals surface area contributed by atoms with Gasteiger partial charge < -0.3 is 39.8 Å². The number of amides is 4. The van der Waals surface area contributed by atoms with Crippen LogP contribution in [-0.4, -0.2) is 83.1 Å². The van der Waals surface area contributed by atoms with Gasteiger partial charge in [0.05, 0.1) is 12.1 Å². The molecule has 1 saturated heterocycles. The Bertz CT molecular complexity index is 1120. The fourth-order valence-electron chi connectivity index (χ4n) is 4.17. The van der Waals surface area contributed by atoms with Crippen LogP contribution >= 0.6 is 0 Å². The third-order valence-corrected chi connectivity index (χ3v) is 5.92. The Labute approximate surface area is 259 Å². The molecule has 0 saturated carbocycles. The summed E-state index contributed by atoms with van der Waals surface area (Å²) in [7, 11) is 0. The normalized spacial score (nSPS) is 17.6. The highest BCUT2D eigenvalue weighted by atomic mass is 16.6. The number of hydrogen-bond acceptors (Lipinski definition) is 9. The molecule has 0 aliphatic carbocycles. The molecule has 1 heterocycles. The molecule has 2 rings (SSSR count). The molecule has 0 unspecified atom stereocenters. The van der Waals surface area contributed by atoms with E-state index in [9.17, 15) is 24.0 Å². The lowest BCUT2D eigenvalue weighted by Gasteiger charge is -2.26. The molecule has 1 aromatic rings. The van der Waals surface area contributed by atoms with Gasteiger partial charge in [-0.15, -0.1) is 0 Å². The number of esters is 1. The molecule has 0 spiro atoms. The number of nitrogens with zero attached hydrogens (tertiary/aromatic N) is 1. The zero-order valence-corrected chi connectivity index (χ0v) is 27.3. The van der Waals surface area contributed by atoms with Crippen LogP contribution < -0.4 is 16.0 Å². The summed E-state index contributed by atoms with van der Waals surface area (Å²) < 4.78 is 21.4. The standard InChI is InChI=1S/C31H48N4O9/c1-29(2,3)42-26(38)32-21(25(37)41-19-20-13-11-10-12-14-20)15-16-24(36)35-17-22(33-27(39)43-30(4,5)6)23(18-35)34-28(40)44-31(7,8)9/h10-14,21-23H,15-19H2,1-9H3,(H,32,38)(H,33,39)(H,34,40)/t21-,22-,23+/m0/s1. The van der Waals surface area contributed by atoms with Crippen LogP contribution in [-0.2, 0) is 35.1 Å². The molecular formula is C31H48N4O9. The summed E-state index contributed by atoms with van der Waals surface area (Å²) in [6.45, 7) is 15.5. The molecule has 3 N–H and O–H groups in total. The third-order valence-electron chi connectivity index (χ3n) is 5.92. The maximum Gasteiger partial charge on any atom is 0.408 e. The summed E-state index contributed by atoms with van der Waals surface area (Å²) in [4.78, 5) is 65.3. The Hall–Kier alpha value is -4.03. The van der Waals surface area contributed by atoms with E-state index in [1.807, 2.05) is 18.2 Å². The summed E-state index contributed by atoms with van der Waals surface area (Å²) >= 11 is 0. The number of ether oxygens (including phenoxy) is 4. The Morgan fingerprint density at radius 3 is 1.66 bits per heavy atom. The van der Waals surface area contributed by atoms with Gasteiger partial charge in [-0.3, -0.25) is 4.79 Å². The van der Waals surface area contributed by atoms with Crippen LogP contribution in [0.5, 0.6) is 0 Å². The Morgan fingerprint density at radius 2 is 1.20 bits per heavy atom. The summed E-state index contributed by atoms with van der Waals surface area (Å²) in [5, 5.41) is 7.97.